The van der Waals surface area contributed by atoms with Gasteiger partial charge in [-0.25, -0.2) is 0 Å². The van der Waals surface area contributed by atoms with E-state index in [1.54, 1.807) is 36.4 Å². The van der Waals surface area contributed by atoms with Gasteiger partial charge in [0.1, 0.15) is 0 Å². The number of halogens is 1. The molecule has 0 atom stereocenters. The Hall–Kier alpha value is -2.57. The molecule has 2 N–H and O–H groups in total. The van der Waals surface area contributed by atoms with Crippen molar-refractivity contribution in [2.75, 3.05) is 10.6 Å². The maximum Gasteiger partial charge on any atom is 0.291 e. The minimum absolute atomic E-state index is 0.212. The summed E-state index contributed by atoms with van der Waals surface area (Å²) in [7, 11) is 0. The molecule has 3 aromatic rings. The van der Waals surface area contributed by atoms with Crippen LogP contribution >= 0.6 is 22.9 Å². The molecule has 2 heterocycles. The van der Waals surface area contributed by atoms with Crippen LogP contribution in [-0.2, 0) is 0 Å². The van der Waals surface area contributed by atoms with E-state index >= 15 is 0 Å². The van der Waals surface area contributed by atoms with Crippen LogP contribution in [0.25, 0.3) is 0 Å². The van der Waals surface area contributed by atoms with Gasteiger partial charge in [0, 0.05) is 10.7 Å². The van der Waals surface area contributed by atoms with Gasteiger partial charge in [0.15, 0.2) is 5.76 Å². The molecule has 0 aliphatic heterocycles. The van der Waals surface area contributed by atoms with Crippen molar-refractivity contribution in [1.82, 2.24) is 0 Å². The fraction of sp³-hybridized carbons (Fsp3) is 0.0588. The van der Waals surface area contributed by atoms with Crippen LogP contribution in [-0.4, -0.2) is 11.8 Å². The van der Waals surface area contributed by atoms with Gasteiger partial charge >= 0.3 is 0 Å². The summed E-state index contributed by atoms with van der Waals surface area (Å²) in [4.78, 5) is 24.6. The second kappa shape index (κ2) is 6.90. The molecule has 1 aromatic carbocycles. The molecule has 0 spiro atoms. The van der Waals surface area contributed by atoms with Gasteiger partial charge in [-0.15, -0.1) is 11.3 Å². The zero-order chi connectivity index (χ0) is 17.1. The molecule has 2 amide bonds. The van der Waals surface area contributed by atoms with Gasteiger partial charge in [0.05, 0.1) is 16.1 Å². The first kappa shape index (κ1) is 16.3. The third kappa shape index (κ3) is 3.67. The summed E-state index contributed by atoms with van der Waals surface area (Å²) in [6.07, 6.45) is 1.43. The van der Waals surface area contributed by atoms with Crippen LogP contribution in [0.3, 0.4) is 0 Å². The maximum atomic E-state index is 12.3. The van der Waals surface area contributed by atoms with Gasteiger partial charge in [-0.2, -0.15) is 0 Å². The van der Waals surface area contributed by atoms with Crippen LogP contribution in [0.4, 0.5) is 10.7 Å². The molecule has 5 nitrogen and oxygen atoms in total. The second-order valence-corrected chi connectivity index (χ2v) is 6.50. The molecule has 0 saturated carbocycles. The summed E-state index contributed by atoms with van der Waals surface area (Å²) < 4.78 is 5.02. The van der Waals surface area contributed by atoms with E-state index in [0.717, 1.165) is 5.56 Å². The number of hydrogen-bond donors (Lipinski definition) is 2. The van der Waals surface area contributed by atoms with Gasteiger partial charge in [-0.3, -0.25) is 9.59 Å². The lowest BCUT2D eigenvalue weighted by atomic mass is 10.2. The van der Waals surface area contributed by atoms with E-state index in [1.807, 2.05) is 13.0 Å². The lowest BCUT2D eigenvalue weighted by Crippen LogP contribution is -2.10. The standard InChI is InChI=1S/C17H13ClN2O3S/c1-10-4-5-11(9-12(10)18)19-17(22)14-6-7-15(24-14)20-16(21)13-3-2-8-23-13/h2-9H,1H3,(H,19,22)(H,20,21). The number of benzene rings is 1. The number of carbonyl (C=O) groups is 2. The summed E-state index contributed by atoms with van der Waals surface area (Å²) in [5, 5.41) is 6.61. The molecule has 0 fully saturated rings. The van der Waals surface area contributed by atoms with Gasteiger partial charge in [0.25, 0.3) is 11.8 Å². The Balaban J connectivity index is 1.67. The molecule has 122 valence electrons. The lowest BCUT2D eigenvalue weighted by Gasteiger charge is -2.05. The quantitative estimate of drug-likeness (QED) is 0.701. The zero-order valence-electron chi connectivity index (χ0n) is 12.6. The number of thiophene rings is 1. The average molecular weight is 361 g/mol. The first-order valence-corrected chi connectivity index (χ1v) is 8.24. The molecule has 7 heteroatoms. The predicted molar refractivity (Wildman–Crippen MR) is 95.1 cm³/mol. The van der Waals surface area contributed by atoms with Crippen LogP contribution in [0.2, 0.25) is 5.02 Å². The van der Waals surface area contributed by atoms with Crippen LogP contribution in [0.5, 0.6) is 0 Å². The highest BCUT2D eigenvalue weighted by molar-refractivity contribution is 7.18. The summed E-state index contributed by atoms with van der Waals surface area (Å²) in [5.41, 5.74) is 1.55. The highest BCUT2D eigenvalue weighted by Gasteiger charge is 2.13. The Morgan fingerprint density at radius 3 is 2.62 bits per heavy atom. The van der Waals surface area contributed by atoms with Crippen LogP contribution < -0.4 is 10.6 Å². The minimum Gasteiger partial charge on any atom is -0.459 e. The first-order chi connectivity index (χ1) is 11.5. The Labute approximate surface area is 147 Å². The predicted octanol–water partition coefficient (Wildman–Crippen LogP) is 4.81. The first-order valence-electron chi connectivity index (χ1n) is 7.05. The van der Waals surface area contributed by atoms with Crippen LogP contribution in [0.1, 0.15) is 25.8 Å². The minimum atomic E-state index is -0.362. The monoisotopic (exact) mass is 360 g/mol. The highest BCUT2D eigenvalue weighted by Crippen LogP contribution is 2.25. The van der Waals surface area contributed by atoms with E-state index in [2.05, 4.69) is 10.6 Å². The van der Waals surface area contributed by atoms with E-state index in [1.165, 1.54) is 17.6 Å². The lowest BCUT2D eigenvalue weighted by molar-refractivity contribution is 0.0995. The number of nitrogens with one attached hydrogen (secondary N) is 2. The number of anilines is 2. The smallest absolute Gasteiger partial charge is 0.291 e. The fourth-order valence-electron chi connectivity index (χ4n) is 1.97. The Morgan fingerprint density at radius 2 is 1.92 bits per heavy atom. The zero-order valence-corrected chi connectivity index (χ0v) is 14.2. The average Bonchev–Trinajstić information content (AvgIpc) is 3.22. The van der Waals surface area contributed by atoms with Gasteiger partial charge in [0.2, 0.25) is 0 Å². The van der Waals surface area contributed by atoms with Gasteiger partial charge in [-0.05, 0) is 48.9 Å². The topological polar surface area (TPSA) is 71.3 Å². The van der Waals surface area contributed by atoms with Crippen LogP contribution in [0.15, 0.2) is 53.1 Å². The van der Waals surface area contributed by atoms with Crippen molar-refractivity contribution < 1.29 is 14.0 Å². The molecule has 0 unspecified atom stereocenters. The SMILES string of the molecule is Cc1ccc(NC(=O)c2ccc(NC(=O)c3ccco3)s2)cc1Cl. The molecule has 0 aliphatic rings. The molecule has 0 saturated heterocycles. The number of aryl methyl sites for hydroxylation is 1. The third-order valence-electron chi connectivity index (χ3n) is 3.24. The van der Waals surface area contributed by atoms with E-state index in [-0.39, 0.29) is 17.6 Å². The summed E-state index contributed by atoms with van der Waals surface area (Å²) in [6, 6.07) is 11.8. The number of amides is 2. The maximum absolute atomic E-state index is 12.3. The van der Waals surface area contributed by atoms with Crippen molar-refractivity contribution in [3.8, 4) is 0 Å². The number of furan rings is 1. The van der Waals surface area contributed by atoms with E-state index in [9.17, 15) is 9.59 Å². The summed E-state index contributed by atoms with van der Waals surface area (Å²) in [6.45, 7) is 1.89. The number of carbonyl (C=O) groups excluding carboxylic acids is 2. The second-order valence-electron chi connectivity index (χ2n) is 5.01. The molecular weight excluding hydrogens is 348 g/mol. The molecule has 0 radical (unpaired) electrons. The number of hydrogen-bond acceptors (Lipinski definition) is 4. The van der Waals surface area contributed by atoms with Crippen molar-refractivity contribution in [1.29, 1.82) is 0 Å². The van der Waals surface area contributed by atoms with Gasteiger partial charge < -0.3 is 15.1 Å². The van der Waals surface area contributed by atoms with Crippen molar-refractivity contribution in [2.24, 2.45) is 0 Å². The molecule has 0 bridgehead atoms. The molecule has 3 rings (SSSR count). The fourth-order valence-corrected chi connectivity index (χ4v) is 2.95. The van der Waals surface area contributed by atoms with Crippen molar-refractivity contribution in [3.05, 3.63) is 70.0 Å². The largest absolute Gasteiger partial charge is 0.459 e. The summed E-state index contributed by atoms with van der Waals surface area (Å²) in [5.74, 6) is -0.416. The molecule has 24 heavy (non-hydrogen) atoms. The Bertz CT molecular complexity index is 887. The normalized spacial score (nSPS) is 10.4. The van der Waals surface area contributed by atoms with Gasteiger partial charge in [-0.1, -0.05) is 17.7 Å². The van der Waals surface area contributed by atoms with Crippen molar-refractivity contribution >= 4 is 45.4 Å². The van der Waals surface area contributed by atoms with E-state index < -0.39 is 0 Å². The van der Waals surface area contributed by atoms with Crippen molar-refractivity contribution in [3.63, 3.8) is 0 Å². The Morgan fingerprint density at radius 1 is 1.08 bits per heavy atom. The van der Waals surface area contributed by atoms with E-state index in [0.29, 0.717) is 20.6 Å². The number of rotatable bonds is 4. The van der Waals surface area contributed by atoms with Crippen molar-refractivity contribution in [2.45, 2.75) is 6.92 Å². The summed E-state index contributed by atoms with van der Waals surface area (Å²) >= 11 is 7.22. The molecule has 2 aromatic heterocycles. The third-order valence-corrected chi connectivity index (χ3v) is 4.65. The molecule has 0 aliphatic carbocycles. The Kier molecular flexibility index (Phi) is 4.69. The van der Waals surface area contributed by atoms with E-state index in [4.69, 9.17) is 16.0 Å². The highest BCUT2D eigenvalue weighted by atomic mass is 35.5. The van der Waals surface area contributed by atoms with Crippen LogP contribution in [0, 0.1) is 6.92 Å². The molecular formula is C17H13ClN2O3S.